The zero-order chi connectivity index (χ0) is 18.3. The van der Waals surface area contributed by atoms with Gasteiger partial charge >= 0.3 is 5.97 Å². The summed E-state index contributed by atoms with van der Waals surface area (Å²) in [5.74, 6) is -2.08. The highest BCUT2D eigenvalue weighted by molar-refractivity contribution is 9.09. The maximum Gasteiger partial charge on any atom is 0.354 e. The second kappa shape index (κ2) is 6.44. The molecule has 0 bridgehead atoms. The van der Waals surface area contributed by atoms with Gasteiger partial charge in [-0.05, 0) is 24.6 Å². The number of carbonyl (C=O) groups excluding carboxylic acids is 4. The molecule has 130 valence electrons. The molecule has 0 spiro atoms. The molecule has 7 nitrogen and oxygen atoms in total. The van der Waals surface area contributed by atoms with Crippen LogP contribution in [0.3, 0.4) is 0 Å². The molecule has 0 radical (unpaired) electrons. The van der Waals surface area contributed by atoms with Crippen LogP contribution in [0.4, 0.5) is 0 Å². The summed E-state index contributed by atoms with van der Waals surface area (Å²) in [5, 5.41) is 0.388. The van der Waals surface area contributed by atoms with Gasteiger partial charge in [-0.2, -0.15) is 0 Å². The number of benzene rings is 1. The number of ether oxygens (including phenoxy) is 1. The van der Waals surface area contributed by atoms with E-state index in [1.165, 1.54) is 12.0 Å². The Morgan fingerprint density at radius 3 is 2.20 bits per heavy atom. The molecule has 1 aromatic rings. The van der Waals surface area contributed by atoms with E-state index in [9.17, 15) is 19.2 Å². The van der Waals surface area contributed by atoms with Crippen LogP contribution in [0.25, 0.3) is 0 Å². The number of likely N-dealkylation sites (tertiary alicyclic amines) is 1. The van der Waals surface area contributed by atoms with Crippen LogP contribution in [-0.2, 0) is 14.3 Å². The number of nitrogens with zero attached hydrogens (tertiary/aromatic N) is 2. The lowest BCUT2D eigenvalue weighted by Crippen LogP contribution is -2.65. The molecule has 8 heteroatoms. The molecule has 0 N–H and O–H groups in total. The van der Waals surface area contributed by atoms with E-state index >= 15 is 0 Å². The summed E-state index contributed by atoms with van der Waals surface area (Å²) < 4.78 is 4.74. The zero-order valence-electron chi connectivity index (χ0n) is 13.6. The molecule has 2 heterocycles. The van der Waals surface area contributed by atoms with E-state index in [0.717, 1.165) is 4.90 Å². The molecule has 1 unspecified atom stereocenters. The highest BCUT2D eigenvalue weighted by Gasteiger charge is 2.51. The molecule has 1 atom stereocenters. The van der Waals surface area contributed by atoms with Gasteiger partial charge in [-0.1, -0.05) is 28.1 Å². The molecule has 1 fully saturated rings. The molecule has 25 heavy (non-hydrogen) atoms. The lowest BCUT2D eigenvalue weighted by atomic mass is 10.0. The van der Waals surface area contributed by atoms with Crippen molar-refractivity contribution < 1.29 is 23.9 Å². The number of hydrogen-bond acceptors (Lipinski definition) is 5. The van der Waals surface area contributed by atoms with E-state index in [2.05, 4.69) is 15.9 Å². The molecule has 0 aliphatic carbocycles. The second-order valence-corrected chi connectivity index (χ2v) is 6.31. The predicted octanol–water partition coefficient (Wildman–Crippen LogP) is 1.34. The Morgan fingerprint density at radius 1 is 1.20 bits per heavy atom. The van der Waals surface area contributed by atoms with Gasteiger partial charge in [0.1, 0.15) is 11.7 Å². The summed E-state index contributed by atoms with van der Waals surface area (Å²) in [7, 11) is 1.23. The van der Waals surface area contributed by atoms with E-state index in [4.69, 9.17) is 4.74 Å². The van der Waals surface area contributed by atoms with Crippen molar-refractivity contribution in [2.24, 2.45) is 0 Å². The Balaban J connectivity index is 1.86. The first-order valence-electron chi connectivity index (χ1n) is 7.54. The number of rotatable bonds is 4. The van der Waals surface area contributed by atoms with E-state index in [1.807, 2.05) is 0 Å². The number of fused-ring (bicyclic) bond motifs is 1. The molecule has 0 saturated carbocycles. The SMILES string of the molecule is COC(=O)/C(=C(\C)CBr)N1CC(N2C(=O)c3ccccc3C2=O)C1=O. The highest BCUT2D eigenvalue weighted by Crippen LogP contribution is 2.31. The number of hydrogen-bond donors (Lipinski definition) is 0. The molecule has 1 aromatic carbocycles. The molecule has 2 aliphatic heterocycles. The minimum absolute atomic E-state index is 0.0685. The van der Waals surface area contributed by atoms with E-state index in [1.54, 1.807) is 31.2 Å². The smallest absolute Gasteiger partial charge is 0.354 e. The Morgan fingerprint density at radius 2 is 1.76 bits per heavy atom. The van der Waals surface area contributed by atoms with Gasteiger partial charge in [0.15, 0.2) is 0 Å². The van der Waals surface area contributed by atoms with Crippen molar-refractivity contribution in [3.8, 4) is 0 Å². The van der Waals surface area contributed by atoms with Crippen LogP contribution in [-0.4, -0.2) is 58.5 Å². The van der Waals surface area contributed by atoms with Crippen LogP contribution in [0.15, 0.2) is 35.5 Å². The van der Waals surface area contributed by atoms with Crippen molar-refractivity contribution in [3.05, 3.63) is 46.7 Å². The maximum atomic E-state index is 12.6. The van der Waals surface area contributed by atoms with E-state index in [0.29, 0.717) is 22.0 Å². The van der Waals surface area contributed by atoms with Crippen molar-refractivity contribution in [2.75, 3.05) is 19.0 Å². The lowest BCUT2D eigenvalue weighted by molar-refractivity contribution is -0.151. The lowest BCUT2D eigenvalue weighted by Gasteiger charge is -2.42. The number of amides is 3. The Labute approximate surface area is 152 Å². The van der Waals surface area contributed by atoms with Crippen molar-refractivity contribution in [3.63, 3.8) is 0 Å². The Bertz CT molecular complexity index is 797. The quantitative estimate of drug-likeness (QED) is 0.247. The average molecular weight is 407 g/mol. The van der Waals surface area contributed by atoms with Crippen LogP contribution in [0.5, 0.6) is 0 Å². The third kappa shape index (κ3) is 2.57. The van der Waals surface area contributed by atoms with Crippen LogP contribution in [0, 0.1) is 0 Å². The predicted molar refractivity (Wildman–Crippen MR) is 91.0 cm³/mol. The number of halogens is 1. The normalized spacial score (nSPS) is 20.3. The first-order valence-corrected chi connectivity index (χ1v) is 8.66. The van der Waals surface area contributed by atoms with Gasteiger partial charge in [0.05, 0.1) is 24.8 Å². The maximum absolute atomic E-state index is 12.6. The highest BCUT2D eigenvalue weighted by atomic mass is 79.9. The van der Waals surface area contributed by atoms with Crippen LogP contribution in [0.1, 0.15) is 27.6 Å². The first kappa shape index (κ1) is 17.3. The van der Waals surface area contributed by atoms with Crippen molar-refractivity contribution in [2.45, 2.75) is 13.0 Å². The minimum atomic E-state index is -0.907. The summed E-state index contributed by atoms with van der Waals surface area (Å²) in [4.78, 5) is 51.7. The third-order valence-corrected chi connectivity index (χ3v) is 5.14. The van der Waals surface area contributed by atoms with Crippen molar-refractivity contribution in [1.82, 2.24) is 9.80 Å². The van der Waals surface area contributed by atoms with Crippen LogP contribution >= 0.6 is 15.9 Å². The van der Waals surface area contributed by atoms with Gasteiger partial charge in [-0.25, -0.2) is 4.79 Å². The summed E-state index contributed by atoms with van der Waals surface area (Å²) >= 11 is 3.25. The topological polar surface area (TPSA) is 84.0 Å². The van der Waals surface area contributed by atoms with Gasteiger partial charge in [0.2, 0.25) is 0 Å². The second-order valence-electron chi connectivity index (χ2n) is 5.74. The molecule has 3 rings (SSSR count). The van der Waals surface area contributed by atoms with E-state index < -0.39 is 29.7 Å². The molecular formula is C17H15BrN2O5. The van der Waals surface area contributed by atoms with Gasteiger partial charge in [-0.15, -0.1) is 0 Å². The van der Waals surface area contributed by atoms with Crippen molar-refractivity contribution >= 4 is 39.6 Å². The Hall–Kier alpha value is -2.48. The van der Waals surface area contributed by atoms with Crippen molar-refractivity contribution in [1.29, 1.82) is 0 Å². The molecule has 3 amide bonds. The largest absolute Gasteiger partial charge is 0.464 e. The first-order chi connectivity index (χ1) is 11.9. The standard InChI is InChI=1S/C17H15BrN2O5/c1-9(7-18)13(17(24)25-2)19-8-12(16(19)23)20-14(21)10-5-3-4-6-11(10)15(20)22/h3-6,12H,7-8H2,1-2H3/b13-9-. The number of methoxy groups -OCH3 is 1. The number of allylic oxidation sites excluding steroid dienone is 1. The van der Waals surface area contributed by atoms with Crippen LogP contribution < -0.4 is 0 Å². The Kier molecular flexibility index (Phi) is 4.47. The fourth-order valence-electron chi connectivity index (χ4n) is 2.97. The zero-order valence-corrected chi connectivity index (χ0v) is 15.2. The average Bonchev–Trinajstić information content (AvgIpc) is 2.88. The minimum Gasteiger partial charge on any atom is -0.464 e. The monoisotopic (exact) mass is 406 g/mol. The molecular weight excluding hydrogens is 392 g/mol. The summed E-state index contributed by atoms with van der Waals surface area (Å²) in [5.41, 5.74) is 1.34. The number of carbonyl (C=O) groups is 4. The summed E-state index contributed by atoms with van der Waals surface area (Å²) in [6.07, 6.45) is 0. The number of alkyl halides is 1. The fraction of sp³-hybridized carbons (Fsp3) is 0.294. The fourth-order valence-corrected chi connectivity index (χ4v) is 3.23. The van der Waals surface area contributed by atoms with Gasteiger partial charge < -0.3 is 9.64 Å². The van der Waals surface area contributed by atoms with Gasteiger partial charge in [-0.3, -0.25) is 19.3 Å². The van der Waals surface area contributed by atoms with Gasteiger partial charge in [0, 0.05) is 5.33 Å². The summed E-state index contributed by atoms with van der Waals surface area (Å²) in [6.45, 7) is 1.77. The van der Waals surface area contributed by atoms with Crippen LogP contribution in [0.2, 0.25) is 0 Å². The number of esters is 1. The van der Waals surface area contributed by atoms with Gasteiger partial charge in [0.25, 0.3) is 17.7 Å². The number of imide groups is 1. The molecule has 2 aliphatic rings. The molecule has 0 aromatic heterocycles. The van der Waals surface area contributed by atoms with E-state index in [-0.39, 0.29) is 12.2 Å². The number of β-lactam (4-membered cyclic amide) rings is 1. The third-order valence-electron chi connectivity index (χ3n) is 4.30. The molecule has 1 saturated heterocycles. The summed E-state index contributed by atoms with van der Waals surface area (Å²) in [6, 6.07) is 5.55.